The molecule has 0 bridgehead atoms. The lowest BCUT2D eigenvalue weighted by molar-refractivity contribution is 0.546. The maximum absolute atomic E-state index is 4.43. The number of hydrogen-bond acceptors (Lipinski definition) is 2. The van der Waals surface area contributed by atoms with Gasteiger partial charge in [0, 0.05) is 19.3 Å². The standard InChI is InChI=1S/C10H19N3/c1-3-4-5-7-13-8-6-10(12-13)9-11-2/h6,8,11H,3-5,7,9H2,1-2H3. The summed E-state index contributed by atoms with van der Waals surface area (Å²) in [7, 11) is 1.94. The molecule has 0 amide bonds. The molecule has 0 aliphatic rings. The van der Waals surface area contributed by atoms with Crippen molar-refractivity contribution in [3.8, 4) is 0 Å². The third kappa shape index (κ3) is 3.59. The fourth-order valence-corrected chi connectivity index (χ4v) is 1.33. The number of hydrogen-bond donors (Lipinski definition) is 1. The van der Waals surface area contributed by atoms with E-state index in [1.807, 2.05) is 11.7 Å². The maximum Gasteiger partial charge on any atom is 0.0762 e. The summed E-state index contributed by atoms with van der Waals surface area (Å²) in [6, 6.07) is 2.07. The van der Waals surface area contributed by atoms with E-state index in [1.165, 1.54) is 19.3 Å². The van der Waals surface area contributed by atoms with Gasteiger partial charge in [-0.15, -0.1) is 0 Å². The van der Waals surface area contributed by atoms with Gasteiger partial charge < -0.3 is 5.32 Å². The van der Waals surface area contributed by atoms with E-state index in [-0.39, 0.29) is 0 Å². The monoisotopic (exact) mass is 181 g/mol. The van der Waals surface area contributed by atoms with Gasteiger partial charge in [-0.2, -0.15) is 5.10 Å². The van der Waals surface area contributed by atoms with Crippen LogP contribution >= 0.6 is 0 Å². The normalized spacial score (nSPS) is 10.6. The van der Waals surface area contributed by atoms with Crippen molar-refractivity contribution in [3.05, 3.63) is 18.0 Å². The van der Waals surface area contributed by atoms with Crippen LogP contribution in [0.25, 0.3) is 0 Å². The Morgan fingerprint density at radius 3 is 3.00 bits per heavy atom. The topological polar surface area (TPSA) is 29.9 Å². The molecule has 1 aromatic heterocycles. The third-order valence-corrected chi connectivity index (χ3v) is 2.04. The molecule has 0 radical (unpaired) electrons. The van der Waals surface area contributed by atoms with Crippen molar-refractivity contribution >= 4 is 0 Å². The molecule has 3 nitrogen and oxygen atoms in total. The van der Waals surface area contributed by atoms with Crippen molar-refractivity contribution in [2.45, 2.75) is 39.3 Å². The van der Waals surface area contributed by atoms with Crippen molar-refractivity contribution in [2.24, 2.45) is 0 Å². The summed E-state index contributed by atoms with van der Waals surface area (Å²) in [5, 5.41) is 7.51. The van der Waals surface area contributed by atoms with E-state index in [1.54, 1.807) is 0 Å². The maximum atomic E-state index is 4.43. The highest BCUT2D eigenvalue weighted by Gasteiger charge is 1.96. The van der Waals surface area contributed by atoms with Gasteiger partial charge in [-0.25, -0.2) is 0 Å². The second-order valence-electron chi connectivity index (χ2n) is 3.31. The van der Waals surface area contributed by atoms with Crippen molar-refractivity contribution in [1.29, 1.82) is 0 Å². The molecule has 0 unspecified atom stereocenters. The van der Waals surface area contributed by atoms with E-state index in [0.717, 1.165) is 18.8 Å². The number of nitrogens with one attached hydrogen (secondary N) is 1. The summed E-state index contributed by atoms with van der Waals surface area (Å²) in [5.74, 6) is 0. The molecule has 0 saturated heterocycles. The molecule has 1 aromatic rings. The zero-order chi connectivity index (χ0) is 9.52. The van der Waals surface area contributed by atoms with Crippen LogP contribution in [0.3, 0.4) is 0 Å². The van der Waals surface area contributed by atoms with Gasteiger partial charge in [0.25, 0.3) is 0 Å². The molecule has 0 aromatic carbocycles. The number of rotatable bonds is 6. The van der Waals surface area contributed by atoms with Crippen LogP contribution in [-0.2, 0) is 13.1 Å². The smallest absolute Gasteiger partial charge is 0.0762 e. The number of nitrogens with zero attached hydrogens (tertiary/aromatic N) is 2. The minimum absolute atomic E-state index is 0.862. The van der Waals surface area contributed by atoms with Gasteiger partial charge >= 0.3 is 0 Å². The lowest BCUT2D eigenvalue weighted by atomic mass is 10.2. The average molecular weight is 181 g/mol. The number of aromatic nitrogens is 2. The molecule has 0 atom stereocenters. The van der Waals surface area contributed by atoms with Crippen LogP contribution in [0.2, 0.25) is 0 Å². The average Bonchev–Trinajstić information content (AvgIpc) is 2.54. The van der Waals surface area contributed by atoms with Gasteiger partial charge in [-0.3, -0.25) is 4.68 Å². The molecule has 1 N–H and O–H groups in total. The van der Waals surface area contributed by atoms with Crippen LogP contribution in [0, 0.1) is 0 Å². The Balaban J connectivity index is 2.31. The van der Waals surface area contributed by atoms with E-state index in [4.69, 9.17) is 0 Å². The van der Waals surface area contributed by atoms with Crippen LogP contribution in [0.1, 0.15) is 31.9 Å². The fourth-order valence-electron chi connectivity index (χ4n) is 1.33. The molecule has 1 heterocycles. The van der Waals surface area contributed by atoms with Crippen LogP contribution < -0.4 is 5.32 Å². The Labute approximate surface area is 80.1 Å². The molecule has 0 spiro atoms. The molecule has 3 heteroatoms. The van der Waals surface area contributed by atoms with Gasteiger partial charge in [0.15, 0.2) is 0 Å². The second-order valence-corrected chi connectivity index (χ2v) is 3.31. The molecule has 13 heavy (non-hydrogen) atoms. The van der Waals surface area contributed by atoms with Gasteiger partial charge in [0.2, 0.25) is 0 Å². The summed E-state index contributed by atoms with van der Waals surface area (Å²) in [4.78, 5) is 0. The fraction of sp³-hybridized carbons (Fsp3) is 0.700. The minimum atomic E-state index is 0.862. The van der Waals surface area contributed by atoms with E-state index < -0.39 is 0 Å². The number of unbranched alkanes of at least 4 members (excludes halogenated alkanes) is 2. The second kappa shape index (κ2) is 5.75. The molecule has 0 aliphatic carbocycles. The first-order valence-corrected chi connectivity index (χ1v) is 5.03. The first-order chi connectivity index (χ1) is 6.36. The highest BCUT2D eigenvalue weighted by atomic mass is 15.3. The Bertz CT molecular complexity index is 230. The van der Waals surface area contributed by atoms with Crippen molar-refractivity contribution in [3.63, 3.8) is 0 Å². The van der Waals surface area contributed by atoms with E-state index in [0.29, 0.717) is 0 Å². The number of aryl methyl sites for hydroxylation is 1. The Hall–Kier alpha value is -0.830. The first kappa shape index (κ1) is 10.3. The van der Waals surface area contributed by atoms with Crippen LogP contribution in [-0.4, -0.2) is 16.8 Å². The Morgan fingerprint density at radius 1 is 1.46 bits per heavy atom. The Kier molecular flexibility index (Phi) is 4.54. The third-order valence-electron chi connectivity index (χ3n) is 2.04. The lowest BCUT2D eigenvalue weighted by Gasteiger charge is -1.99. The van der Waals surface area contributed by atoms with Crippen LogP contribution in [0.4, 0.5) is 0 Å². The Morgan fingerprint density at radius 2 is 2.31 bits per heavy atom. The zero-order valence-corrected chi connectivity index (χ0v) is 8.58. The van der Waals surface area contributed by atoms with Gasteiger partial charge in [0.1, 0.15) is 0 Å². The molecular weight excluding hydrogens is 162 g/mol. The lowest BCUT2D eigenvalue weighted by Crippen LogP contribution is -2.07. The summed E-state index contributed by atoms with van der Waals surface area (Å²) in [6.45, 7) is 4.13. The minimum Gasteiger partial charge on any atom is -0.314 e. The highest BCUT2D eigenvalue weighted by molar-refractivity contribution is 4.97. The molecule has 0 aliphatic heterocycles. The summed E-state index contributed by atoms with van der Waals surface area (Å²) >= 11 is 0. The van der Waals surface area contributed by atoms with Crippen molar-refractivity contribution in [2.75, 3.05) is 7.05 Å². The predicted octanol–water partition coefficient (Wildman–Crippen LogP) is 1.79. The van der Waals surface area contributed by atoms with Gasteiger partial charge in [-0.1, -0.05) is 19.8 Å². The van der Waals surface area contributed by atoms with Crippen molar-refractivity contribution < 1.29 is 0 Å². The van der Waals surface area contributed by atoms with E-state index in [9.17, 15) is 0 Å². The largest absolute Gasteiger partial charge is 0.314 e. The molecular formula is C10H19N3. The summed E-state index contributed by atoms with van der Waals surface area (Å²) < 4.78 is 2.03. The highest BCUT2D eigenvalue weighted by Crippen LogP contribution is 2.00. The van der Waals surface area contributed by atoms with Crippen LogP contribution in [0.15, 0.2) is 12.3 Å². The van der Waals surface area contributed by atoms with E-state index >= 15 is 0 Å². The van der Waals surface area contributed by atoms with E-state index in [2.05, 4.69) is 29.6 Å². The molecule has 0 saturated carbocycles. The van der Waals surface area contributed by atoms with Crippen LogP contribution in [0.5, 0.6) is 0 Å². The molecule has 74 valence electrons. The first-order valence-electron chi connectivity index (χ1n) is 5.03. The molecule has 0 fully saturated rings. The van der Waals surface area contributed by atoms with Gasteiger partial charge in [0.05, 0.1) is 5.69 Å². The SMILES string of the molecule is CCCCCn1ccc(CNC)n1. The quantitative estimate of drug-likeness (QED) is 0.678. The predicted molar refractivity (Wildman–Crippen MR) is 54.5 cm³/mol. The van der Waals surface area contributed by atoms with Crippen molar-refractivity contribution in [1.82, 2.24) is 15.1 Å². The molecule has 1 rings (SSSR count). The zero-order valence-electron chi connectivity index (χ0n) is 8.58. The van der Waals surface area contributed by atoms with Gasteiger partial charge in [-0.05, 0) is 19.5 Å². The summed E-state index contributed by atoms with van der Waals surface area (Å²) in [6.07, 6.45) is 5.85. The summed E-state index contributed by atoms with van der Waals surface area (Å²) in [5.41, 5.74) is 1.12.